The molecule has 246 valence electrons. The van der Waals surface area contributed by atoms with Crippen molar-refractivity contribution in [1.29, 1.82) is 0 Å². The Morgan fingerprint density at radius 3 is 1.69 bits per heavy atom. The van der Waals surface area contributed by atoms with Crippen molar-refractivity contribution in [3.63, 3.8) is 0 Å². The number of carbonyl (C=O) groups excluding carboxylic acids is 2. The molecule has 0 radical (unpaired) electrons. The van der Waals surface area contributed by atoms with Gasteiger partial charge in [0.05, 0.1) is 33.7 Å². The fraction of sp³-hybridized carbons (Fsp3) is 0.282. The van der Waals surface area contributed by atoms with Crippen molar-refractivity contribution in [2.24, 2.45) is 16.8 Å². The number of aromatic nitrogens is 2. The Balaban J connectivity index is 1.08. The molecule has 3 aromatic heterocycles. The number of imidazole rings is 1. The van der Waals surface area contributed by atoms with Crippen LogP contribution < -0.4 is 10.6 Å². The number of carbonyl (C=O) groups is 2. The quantitative estimate of drug-likeness (QED) is 0.130. The van der Waals surface area contributed by atoms with E-state index in [1.807, 2.05) is 50.5 Å². The third kappa shape index (κ3) is 7.42. The summed E-state index contributed by atoms with van der Waals surface area (Å²) in [4.78, 5) is 42.3. The van der Waals surface area contributed by atoms with Crippen LogP contribution in [-0.2, 0) is 0 Å². The van der Waals surface area contributed by atoms with Crippen molar-refractivity contribution in [1.82, 2.24) is 20.6 Å². The summed E-state index contributed by atoms with van der Waals surface area (Å²) >= 11 is 3.00. The highest BCUT2D eigenvalue weighted by atomic mass is 32.1. The number of hydrogen-bond donors (Lipinski definition) is 3. The zero-order valence-corrected chi connectivity index (χ0v) is 29.8. The summed E-state index contributed by atoms with van der Waals surface area (Å²) in [7, 11) is 0. The van der Waals surface area contributed by atoms with Gasteiger partial charge < -0.3 is 15.6 Å². The summed E-state index contributed by atoms with van der Waals surface area (Å²) in [6, 6.07) is 24.3. The van der Waals surface area contributed by atoms with E-state index in [4.69, 9.17) is 4.99 Å². The summed E-state index contributed by atoms with van der Waals surface area (Å²) < 4.78 is 0. The minimum absolute atomic E-state index is 0.0422. The number of hydrogen-bond acceptors (Lipinski definition) is 6. The molecule has 5 aromatic rings. The SMILES string of the molecule is Cc1ccc(C(=O)N[C@H](C2=NC=C(c3ccc(-c4ccc(-c5cnc([C@@H](NC(=O)c6ccc(C)s6)C(C)C)[nH]5)cc4)cc3)C2)C(C)C)s1. The largest absolute Gasteiger partial charge is 0.343 e. The number of aliphatic imine (C=N–C) groups is 1. The van der Waals surface area contributed by atoms with E-state index in [0.29, 0.717) is 11.3 Å². The molecular weight excluding hydrogens is 635 g/mol. The third-order valence-electron chi connectivity index (χ3n) is 8.63. The molecule has 7 nitrogen and oxygen atoms in total. The van der Waals surface area contributed by atoms with Gasteiger partial charge in [-0.3, -0.25) is 14.6 Å². The second-order valence-corrected chi connectivity index (χ2v) is 15.6. The van der Waals surface area contributed by atoms with Gasteiger partial charge in [0.2, 0.25) is 0 Å². The Hall–Kier alpha value is -4.60. The van der Waals surface area contributed by atoms with E-state index in [-0.39, 0.29) is 35.7 Å². The van der Waals surface area contributed by atoms with E-state index in [0.717, 1.165) is 59.7 Å². The van der Waals surface area contributed by atoms with Gasteiger partial charge in [-0.1, -0.05) is 76.2 Å². The number of amides is 2. The van der Waals surface area contributed by atoms with Gasteiger partial charge in [-0.2, -0.15) is 0 Å². The van der Waals surface area contributed by atoms with E-state index in [9.17, 15) is 9.59 Å². The highest BCUT2D eigenvalue weighted by Crippen LogP contribution is 2.31. The summed E-state index contributed by atoms with van der Waals surface area (Å²) in [6.45, 7) is 12.4. The molecule has 1 aliphatic rings. The van der Waals surface area contributed by atoms with Crippen molar-refractivity contribution in [3.8, 4) is 22.4 Å². The first-order chi connectivity index (χ1) is 23.0. The van der Waals surface area contributed by atoms with Gasteiger partial charge in [0.25, 0.3) is 11.8 Å². The molecule has 0 spiro atoms. The van der Waals surface area contributed by atoms with Crippen molar-refractivity contribution in [2.45, 2.75) is 60.0 Å². The lowest BCUT2D eigenvalue weighted by molar-refractivity contribution is 0.0924. The molecule has 48 heavy (non-hydrogen) atoms. The predicted octanol–water partition coefficient (Wildman–Crippen LogP) is 9.25. The first-order valence-electron chi connectivity index (χ1n) is 16.3. The molecule has 4 heterocycles. The first kappa shape index (κ1) is 33.3. The monoisotopic (exact) mass is 675 g/mol. The fourth-order valence-electron chi connectivity index (χ4n) is 5.90. The molecule has 0 aliphatic carbocycles. The Kier molecular flexibility index (Phi) is 9.89. The van der Waals surface area contributed by atoms with Crippen LogP contribution in [0.3, 0.4) is 0 Å². The van der Waals surface area contributed by atoms with Crippen molar-refractivity contribution in [3.05, 3.63) is 116 Å². The molecular formula is C39H41N5O2S2. The van der Waals surface area contributed by atoms with Gasteiger partial charge in [0.1, 0.15) is 5.82 Å². The van der Waals surface area contributed by atoms with Crippen molar-refractivity contribution in [2.75, 3.05) is 0 Å². The molecule has 0 fully saturated rings. The topological polar surface area (TPSA) is 99.2 Å². The summed E-state index contributed by atoms with van der Waals surface area (Å²) in [5, 5.41) is 6.38. The molecule has 0 saturated heterocycles. The summed E-state index contributed by atoms with van der Waals surface area (Å²) in [5.41, 5.74) is 7.44. The summed E-state index contributed by atoms with van der Waals surface area (Å²) in [6.07, 6.45) is 4.48. The summed E-state index contributed by atoms with van der Waals surface area (Å²) in [5.74, 6) is 1.01. The van der Waals surface area contributed by atoms with Crippen LogP contribution in [0, 0.1) is 25.7 Å². The average Bonchev–Trinajstić information content (AvgIpc) is 3.90. The van der Waals surface area contributed by atoms with Crippen LogP contribution in [-0.4, -0.2) is 33.5 Å². The fourth-order valence-corrected chi connectivity index (χ4v) is 7.44. The van der Waals surface area contributed by atoms with Crippen LogP contribution in [0.5, 0.6) is 0 Å². The minimum Gasteiger partial charge on any atom is -0.343 e. The van der Waals surface area contributed by atoms with Crippen LogP contribution in [0.25, 0.3) is 28.0 Å². The molecule has 2 aromatic carbocycles. The van der Waals surface area contributed by atoms with Crippen molar-refractivity contribution < 1.29 is 9.59 Å². The molecule has 2 amide bonds. The van der Waals surface area contributed by atoms with Crippen LogP contribution in [0.1, 0.15) is 80.6 Å². The van der Waals surface area contributed by atoms with Crippen LogP contribution in [0.15, 0.2) is 90.2 Å². The van der Waals surface area contributed by atoms with E-state index in [2.05, 4.69) is 96.8 Å². The number of aromatic amines is 1. The number of allylic oxidation sites excluding steroid dienone is 1. The lowest BCUT2D eigenvalue weighted by Crippen LogP contribution is -2.43. The smallest absolute Gasteiger partial charge is 0.261 e. The van der Waals surface area contributed by atoms with Crippen LogP contribution in [0.4, 0.5) is 0 Å². The lowest BCUT2D eigenvalue weighted by atomic mass is 9.93. The number of nitrogens with zero attached hydrogens (tertiary/aromatic N) is 2. The predicted molar refractivity (Wildman–Crippen MR) is 199 cm³/mol. The van der Waals surface area contributed by atoms with Gasteiger partial charge >= 0.3 is 0 Å². The Labute approximate surface area is 290 Å². The van der Waals surface area contributed by atoms with Crippen LogP contribution >= 0.6 is 22.7 Å². The molecule has 0 unspecified atom stereocenters. The van der Waals surface area contributed by atoms with Crippen LogP contribution in [0.2, 0.25) is 0 Å². The molecule has 3 N–H and O–H groups in total. The molecule has 2 atom stereocenters. The highest BCUT2D eigenvalue weighted by molar-refractivity contribution is 7.14. The normalized spacial score (nSPS) is 14.2. The van der Waals surface area contributed by atoms with E-state index < -0.39 is 0 Å². The zero-order valence-electron chi connectivity index (χ0n) is 28.1. The Morgan fingerprint density at radius 1 is 0.688 bits per heavy atom. The number of aryl methyl sites for hydroxylation is 2. The Morgan fingerprint density at radius 2 is 1.19 bits per heavy atom. The second kappa shape index (κ2) is 14.3. The zero-order chi connectivity index (χ0) is 33.9. The minimum atomic E-state index is -0.228. The maximum atomic E-state index is 12.9. The first-order valence-corrected chi connectivity index (χ1v) is 18.0. The van der Waals surface area contributed by atoms with Gasteiger partial charge in [-0.25, -0.2) is 4.98 Å². The molecule has 0 bridgehead atoms. The average molecular weight is 676 g/mol. The standard InChI is InChI=1S/C39H41N5O2S2/c1-22(2)35(43-38(45)33-17-7-24(5)47-33)31-19-30(20-40-31)28-11-9-26(10-12-28)27-13-15-29(16-14-27)32-21-41-37(42-32)36(23(3)4)44-39(46)34-18-8-25(6)48-34/h7-18,20-23,35-36H,19H2,1-6H3,(H,41,42)(H,43,45)(H,44,46)/t35-,36-/m0/s1. The molecule has 6 rings (SSSR count). The van der Waals surface area contributed by atoms with E-state index >= 15 is 0 Å². The van der Waals surface area contributed by atoms with Gasteiger partial charge in [-0.05, 0) is 77.8 Å². The number of thiophene rings is 2. The third-order valence-corrected chi connectivity index (χ3v) is 10.6. The Bertz CT molecular complexity index is 1980. The molecule has 0 saturated carbocycles. The maximum Gasteiger partial charge on any atom is 0.261 e. The number of rotatable bonds is 11. The number of nitrogens with one attached hydrogen (secondary N) is 3. The number of H-pyrrole nitrogens is 1. The van der Waals surface area contributed by atoms with E-state index in [1.54, 1.807) is 0 Å². The van der Waals surface area contributed by atoms with E-state index in [1.165, 1.54) is 22.7 Å². The van der Waals surface area contributed by atoms with Crippen molar-refractivity contribution >= 4 is 45.8 Å². The molecule has 9 heteroatoms. The van der Waals surface area contributed by atoms with Gasteiger partial charge in [0, 0.05) is 28.1 Å². The lowest BCUT2D eigenvalue weighted by Gasteiger charge is -2.23. The van der Waals surface area contributed by atoms with Gasteiger partial charge in [0.15, 0.2) is 0 Å². The molecule has 1 aliphatic heterocycles. The van der Waals surface area contributed by atoms with Gasteiger partial charge in [-0.15, -0.1) is 22.7 Å². The number of benzene rings is 2. The maximum absolute atomic E-state index is 12.9. The highest BCUT2D eigenvalue weighted by Gasteiger charge is 2.27. The second-order valence-electron chi connectivity index (χ2n) is 13.0.